The minimum Gasteiger partial charge on any atom is -0.385 e. The van der Waals surface area contributed by atoms with Gasteiger partial charge in [-0.2, -0.15) is 0 Å². The molecule has 1 aliphatic rings. The lowest BCUT2D eigenvalue weighted by Gasteiger charge is -2.03. The van der Waals surface area contributed by atoms with Gasteiger partial charge in [-0.25, -0.2) is 0 Å². The first-order valence-electron chi connectivity index (χ1n) is 4.50. The molecule has 0 saturated carbocycles. The zero-order valence-corrected chi connectivity index (χ0v) is 7.93. The Morgan fingerprint density at radius 2 is 2.18 bits per heavy atom. The van der Waals surface area contributed by atoms with Gasteiger partial charge in [0.25, 0.3) is 0 Å². The monoisotopic (exact) mass is 160 g/mol. The Morgan fingerprint density at radius 3 is 2.64 bits per heavy atom. The van der Waals surface area contributed by atoms with E-state index in [0.29, 0.717) is 0 Å². The van der Waals surface area contributed by atoms with Crippen LogP contribution in [0, 0.1) is 5.92 Å². The zero-order chi connectivity index (χ0) is 8.53. The van der Waals surface area contributed by atoms with Gasteiger partial charge in [-0.3, -0.25) is 0 Å². The molecule has 0 aromatic heterocycles. The average molecular weight is 160 g/mol. The van der Waals surface area contributed by atoms with Crippen molar-refractivity contribution in [1.82, 2.24) is 0 Å². The molecule has 0 aromatic rings. The Hall–Kier alpha value is -0.0800. The van der Waals surface area contributed by atoms with Crippen LogP contribution in [0.4, 0.5) is 0 Å². The van der Waals surface area contributed by atoms with Gasteiger partial charge in [-0.15, -0.1) is 0 Å². The molecule has 2 heteroatoms. The maximum absolute atomic E-state index is 5.20. The fraction of sp³-hybridized carbons (Fsp3) is 1.00. The predicted octanol–water partition coefficient (Wildman–Crippen LogP) is 2.09. The molecule has 0 aromatic carbocycles. The van der Waals surface area contributed by atoms with Gasteiger partial charge >= 0.3 is 0 Å². The van der Waals surface area contributed by atoms with Crippen molar-refractivity contribution in [2.45, 2.75) is 26.7 Å². The van der Waals surface area contributed by atoms with E-state index in [9.17, 15) is 0 Å². The molecule has 0 radical (unpaired) electrons. The lowest BCUT2D eigenvalue weighted by Crippen LogP contribution is -2.02. The van der Waals surface area contributed by atoms with E-state index >= 15 is 0 Å². The van der Waals surface area contributed by atoms with Crippen LogP contribution < -0.4 is 0 Å². The molecule has 1 aliphatic heterocycles. The van der Waals surface area contributed by atoms with Crippen LogP contribution in [0.15, 0.2) is 0 Å². The summed E-state index contributed by atoms with van der Waals surface area (Å²) >= 11 is 0. The molecular weight excluding hydrogens is 140 g/mol. The van der Waals surface area contributed by atoms with Gasteiger partial charge in [-0.1, -0.05) is 13.8 Å². The zero-order valence-electron chi connectivity index (χ0n) is 7.93. The van der Waals surface area contributed by atoms with Crippen molar-refractivity contribution in [3.63, 3.8) is 0 Å². The second kappa shape index (κ2) is 8.02. The standard InChI is InChI=1S/C7H14O2.C2H6/c1-8-4-2-7-3-5-9-6-7;1-2/h7H,2-6H2,1H3;1-2H3. The highest BCUT2D eigenvalue weighted by atomic mass is 16.5. The summed E-state index contributed by atoms with van der Waals surface area (Å²) in [4.78, 5) is 0. The van der Waals surface area contributed by atoms with E-state index in [0.717, 1.165) is 32.2 Å². The van der Waals surface area contributed by atoms with Gasteiger partial charge in [0, 0.05) is 26.9 Å². The summed E-state index contributed by atoms with van der Waals surface area (Å²) < 4.78 is 10.1. The van der Waals surface area contributed by atoms with Crippen molar-refractivity contribution in [2.24, 2.45) is 5.92 Å². The van der Waals surface area contributed by atoms with Crippen LogP contribution >= 0.6 is 0 Å². The van der Waals surface area contributed by atoms with Crippen LogP contribution in [-0.4, -0.2) is 26.9 Å². The molecule has 1 fully saturated rings. The molecule has 0 N–H and O–H groups in total. The summed E-state index contributed by atoms with van der Waals surface area (Å²) in [7, 11) is 1.75. The Kier molecular flexibility index (Phi) is 7.96. The SMILES string of the molecule is CC.COCCC1CCOC1. The Labute approximate surface area is 69.9 Å². The highest BCUT2D eigenvalue weighted by Gasteiger charge is 2.14. The predicted molar refractivity (Wildman–Crippen MR) is 46.8 cm³/mol. The van der Waals surface area contributed by atoms with Crippen molar-refractivity contribution < 1.29 is 9.47 Å². The van der Waals surface area contributed by atoms with Crippen LogP contribution in [0.3, 0.4) is 0 Å². The smallest absolute Gasteiger partial charge is 0.0495 e. The Balaban J connectivity index is 0.000000461. The van der Waals surface area contributed by atoms with Gasteiger partial charge in [0.2, 0.25) is 0 Å². The summed E-state index contributed by atoms with van der Waals surface area (Å²) in [5.41, 5.74) is 0. The van der Waals surface area contributed by atoms with Crippen LogP contribution in [-0.2, 0) is 9.47 Å². The minimum atomic E-state index is 0.768. The van der Waals surface area contributed by atoms with Crippen molar-refractivity contribution >= 4 is 0 Å². The second-order valence-electron chi connectivity index (χ2n) is 2.51. The van der Waals surface area contributed by atoms with Crippen LogP contribution in [0.1, 0.15) is 26.7 Å². The first-order valence-corrected chi connectivity index (χ1v) is 4.50. The van der Waals surface area contributed by atoms with E-state index in [1.54, 1.807) is 7.11 Å². The quantitative estimate of drug-likeness (QED) is 0.629. The lowest BCUT2D eigenvalue weighted by molar-refractivity contribution is 0.156. The average Bonchev–Trinajstić information content (AvgIpc) is 2.57. The van der Waals surface area contributed by atoms with Gasteiger partial charge in [-0.05, 0) is 18.8 Å². The second-order valence-corrected chi connectivity index (χ2v) is 2.51. The first kappa shape index (κ1) is 10.9. The van der Waals surface area contributed by atoms with E-state index in [2.05, 4.69) is 0 Å². The molecule has 1 unspecified atom stereocenters. The minimum absolute atomic E-state index is 0.768. The van der Waals surface area contributed by atoms with E-state index in [4.69, 9.17) is 9.47 Å². The van der Waals surface area contributed by atoms with Crippen LogP contribution in [0.5, 0.6) is 0 Å². The van der Waals surface area contributed by atoms with Gasteiger partial charge in [0.15, 0.2) is 0 Å². The number of methoxy groups -OCH3 is 1. The molecule has 2 nitrogen and oxygen atoms in total. The third-order valence-corrected chi connectivity index (χ3v) is 1.75. The van der Waals surface area contributed by atoms with Crippen molar-refractivity contribution in [3.8, 4) is 0 Å². The number of ether oxygens (including phenoxy) is 2. The molecular formula is C9H20O2. The normalized spacial score (nSPS) is 22.6. The van der Waals surface area contributed by atoms with E-state index in [-0.39, 0.29) is 0 Å². The molecule has 1 saturated heterocycles. The molecule has 68 valence electrons. The first-order chi connectivity index (χ1) is 5.43. The maximum Gasteiger partial charge on any atom is 0.0495 e. The van der Waals surface area contributed by atoms with E-state index < -0.39 is 0 Å². The maximum atomic E-state index is 5.20. The molecule has 1 atom stereocenters. The summed E-state index contributed by atoms with van der Waals surface area (Å²) in [6.07, 6.45) is 2.39. The van der Waals surface area contributed by atoms with Gasteiger partial charge < -0.3 is 9.47 Å². The Morgan fingerprint density at radius 1 is 1.45 bits per heavy atom. The fourth-order valence-electron chi connectivity index (χ4n) is 1.10. The molecule has 0 amide bonds. The molecule has 0 aliphatic carbocycles. The van der Waals surface area contributed by atoms with Crippen LogP contribution in [0.2, 0.25) is 0 Å². The molecule has 0 spiro atoms. The lowest BCUT2D eigenvalue weighted by atomic mass is 10.1. The van der Waals surface area contributed by atoms with Crippen molar-refractivity contribution in [1.29, 1.82) is 0 Å². The van der Waals surface area contributed by atoms with Crippen LogP contribution in [0.25, 0.3) is 0 Å². The third kappa shape index (κ3) is 5.22. The summed E-state index contributed by atoms with van der Waals surface area (Å²) in [5, 5.41) is 0. The van der Waals surface area contributed by atoms with Gasteiger partial charge in [0.05, 0.1) is 0 Å². The highest BCUT2D eigenvalue weighted by Crippen LogP contribution is 2.15. The summed E-state index contributed by atoms with van der Waals surface area (Å²) in [6.45, 7) is 6.78. The topological polar surface area (TPSA) is 18.5 Å². The number of hydrogen-bond donors (Lipinski definition) is 0. The molecule has 1 heterocycles. The summed E-state index contributed by atoms with van der Waals surface area (Å²) in [5.74, 6) is 0.768. The molecule has 1 rings (SSSR count). The fourth-order valence-corrected chi connectivity index (χ4v) is 1.10. The summed E-state index contributed by atoms with van der Waals surface area (Å²) in [6, 6.07) is 0. The van der Waals surface area contributed by atoms with E-state index in [1.807, 2.05) is 13.8 Å². The van der Waals surface area contributed by atoms with Crippen molar-refractivity contribution in [2.75, 3.05) is 26.9 Å². The van der Waals surface area contributed by atoms with Crippen molar-refractivity contribution in [3.05, 3.63) is 0 Å². The highest BCUT2D eigenvalue weighted by molar-refractivity contribution is 4.62. The molecule has 0 bridgehead atoms. The molecule has 11 heavy (non-hydrogen) atoms. The third-order valence-electron chi connectivity index (χ3n) is 1.75. The van der Waals surface area contributed by atoms with Gasteiger partial charge in [0.1, 0.15) is 0 Å². The number of hydrogen-bond acceptors (Lipinski definition) is 2. The largest absolute Gasteiger partial charge is 0.385 e. The van der Waals surface area contributed by atoms with E-state index in [1.165, 1.54) is 6.42 Å². The Bertz CT molecular complexity index is 68.0. The number of rotatable bonds is 3.